The van der Waals surface area contributed by atoms with Crippen LogP contribution in [-0.4, -0.2) is 60.9 Å². The van der Waals surface area contributed by atoms with Crippen molar-refractivity contribution in [1.29, 1.82) is 0 Å². The van der Waals surface area contributed by atoms with E-state index in [1.165, 1.54) is 6.07 Å². The summed E-state index contributed by atoms with van der Waals surface area (Å²) in [7, 11) is 0. The lowest BCUT2D eigenvalue weighted by Crippen LogP contribution is -2.49. The van der Waals surface area contributed by atoms with E-state index in [1.807, 2.05) is 23.1 Å². The van der Waals surface area contributed by atoms with Crippen molar-refractivity contribution in [3.05, 3.63) is 64.7 Å². The average Bonchev–Trinajstić information content (AvgIpc) is 2.78. The number of anilines is 2. The van der Waals surface area contributed by atoms with Crippen LogP contribution >= 0.6 is 0 Å². The summed E-state index contributed by atoms with van der Waals surface area (Å²) in [5.74, 6) is -0.315. The molecule has 1 fully saturated rings. The Bertz CT molecular complexity index is 882. The van der Waals surface area contributed by atoms with Gasteiger partial charge in [-0.15, -0.1) is 0 Å². The molecule has 9 nitrogen and oxygen atoms in total. The first-order valence-electron chi connectivity index (χ1n) is 9.86. The molecule has 3 rings (SSSR count). The topological polar surface area (TPSA) is 108 Å². The third kappa shape index (κ3) is 5.69. The van der Waals surface area contributed by atoms with Gasteiger partial charge < -0.3 is 20.4 Å². The summed E-state index contributed by atoms with van der Waals surface area (Å²) in [6.45, 7) is 3.00. The highest BCUT2D eigenvalue weighted by molar-refractivity contribution is 5.82. The average molecular weight is 411 g/mol. The maximum absolute atomic E-state index is 12.4. The maximum atomic E-state index is 12.4. The highest BCUT2D eigenvalue weighted by atomic mass is 16.6. The molecule has 9 heteroatoms. The predicted octanol–water partition coefficient (Wildman–Crippen LogP) is 1.86. The largest absolute Gasteiger partial charge is 0.371 e. The zero-order valence-corrected chi connectivity index (χ0v) is 16.6. The first-order valence-corrected chi connectivity index (χ1v) is 9.86. The summed E-state index contributed by atoms with van der Waals surface area (Å²) >= 11 is 0. The minimum absolute atomic E-state index is 0.00895. The van der Waals surface area contributed by atoms with E-state index < -0.39 is 4.92 Å². The van der Waals surface area contributed by atoms with E-state index in [2.05, 4.69) is 27.7 Å². The summed E-state index contributed by atoms with van der Waals surface area (Å²) in [4.78, 5) is 38.9. The van der Waals surface area contributed by atoms with Gasteiger partial charge in [0.05, 0.1) is 11.5 Å². The number of para-hydroxylation sites is 3. The Hall–Kier alpha value is -3.62. The fourth-order valence-electron chi connectivity index (χ4n) is 3.34. The number of hydrogen-bond acceptors (Lipinski definition) is 6. The highest BCUT2D eigenvalue weighted by Gasteiger charge is 2.21. The molecule has 0 spiro atoms. The van der Waals surface area contributed by atoms with Gasteiger partial charge in [-0.05, 0) is 18.2 Å². The van der Waals surface area contributed by atoms with Crippen molar-refractivity contribution in [3.8, 4) is 0 Å². The van der Waals surface area contributed by atoms with Crippen LogP contribution in [0.25, 0.3) is 0 Å². The second kappa shape index (κ2) is 10.2. The molecule has 2 N–H and O–H groups in total. The number of nitrogens with one attached hydrogen (secondary N) is 2. The zero-order valence-electron chi connectivity index (χ0n) is 16.6. The van der Waals surface area contributed by atoms with Gasteiger partial charge in [0, 0.05) is 50.9 Å². The van der Waals surface area contributed by atoms with Gasteiger partial charge in [0.15, 0.2) is 0 Å². The predicted molar refractivity (Wildman–Crippen MR) is 114 cm³/mol. The van der Waals surface area contributed by atoms with Crippen LogP contribution in [0.15, 0.2) is 54.6 Å². The van der Waals surface area contributed by atoms with E-state index >= 15 is 0 Å². The molecule has 1 aliphatic rings. The van der Waals surface area contributed by atoms with Gasteiger partial charge in [0.25, 0.3) is 5.69 Å². The van der Waals surface area contributed by atoms with Gasteiger partial charge in [-0.3, -0.25) is 19.7 Å². The van der Waals surface area contributed by atoms with Crippen LogP contribution in [0.3, 0.4) is 0 Å². The van der Waals surface area contributed by atoms with E-state index in [1.54, 1.807) is 18.2 Å². The molecule has 2 amide bonds. The van der Waals surface area contributed by atoms with Crippen molar-refractivity contribution in [1.82, 2.24) is 10.2 Å². The quantitative estimate of drug-likeness (QED) is 0.507. The molecular weight excluding hydrogens is 386 g/mol. The summed E-state index contributed by atoms with van der Waals surface area (Å²) < 4.78 is 0. The van der Waals surface area contributed by atoms with Crippen molar-refractivity contribution < 1.29 is 14.5 Å². The molecule has 0 aliphatic carbocycles. The second-order valence-corrected chi connectivity index (χ2v) is 6.93. The van der Waals surface area contributed by atoms with Crippen LogP contribution < -0.4 is 15.5 Å². The molecule has 0 aromatic heterocycles. The third-order valence-corrected chi connectivity index (χ3v) is 4.95. The van der Waals surface area contributed by atoms with Crippen LogP contribution in [0.5, 0.6) is 0 Å². The van der Waals surface area contributed by atoms with Crippen molar-refractivity contribution in [2.45, 2.75) is 6.42 Å². The van der Waals surface area contributed by atoms with Crippen LogP contribution in [0, 0.1) is 10.1 Å². The Kier molecular flexibility index (Phi) is 7.20. The number of piperazine rings is 1. The molecule has 0 radical (unpaired) electrons. The normalized spacial score (nSPS) is 13.6. The first-order chi connectivity index (χ1) is 14.5. The minimum atomic E-state index is -0.504. The van der Waals surface area contributed by atoms with Crippen molar-refractivity contribution in [2.75, 3.05) is 49.5 Å². The molecule has 2 aromatic carbocycles. The Morgan fingerprint density at radius 3 is 2.33 bits per heavy atom. The highest BCUT2D eigenvalue weighted by Crippen LogP contribution is 2.22. The molecule has 30 heavy (non-hydrogen) atoms. The Balaban J connectivity index is 1.36. The van der Waals surface area contributed by atoms with Crippen LogP contribution in [0.1, 0.15) is 6.42 Å². The third-order valence-electron chi connectivity index (χ3n) is 4.95. The molecule has 0 atom stereocenters. The monoisotopic (exact) mass is 411 g/mol. The molecule has 1 saturated heterocycles. The van der Waals surface area contributed by atoms with Gasteiger partial charge in [-0.1, -0.05) is 30.3 Å². The fraction of sp³-hybridized carbons (Fsp3) is 0.333. The Labute approximate surface area is 174 Å². The molecule has 0 bridgehead atoms. The standard InChI is InChI=1S/C21H25N5O4/c27-20(16-23-18-8-4-5-9-19(18)26(29)30)22-11-10-21(28)25-14-12-24(13-15-25)17-6-2-1-3-7-17/h1-9,23H,10-16H2,(H,22,27). The van der Waals surface area contributed by atoms with Crippen molar-refractivity contribution in [3.63, 3.8) is 0 Å². The lowest BCUT2D eigenvalue weighted by Gasteiger charge is -2.36. The fourth-order valence-corrected chi connectivity index (χ4v) is 3.34. The van der Waals surface area contributed by atoms with E-state index in [9.17, 15) is 19.7 Å². The van der Waals surface area contributed by atoms with Crippen molar-refractivity contribution >= 4 is 28.9 Å². The lowest BCUT2D eigenvalue weighted by atomic mass is 10.2. The number of benzene rings is 2. The maximum Gasteiger partial charge on any atom is 0.292 e. The number of carbonyl (C=O) groups is 2. The molecule has 0 unspecified atom stereocenters. The zero-order chi connectivity index (χ0) is 21.3. The van der Waals surface area contributed by atoms with E-state index in [-0.39, 0.29) is 42.7 Å². The molecular formula is C21H25N5O4. The Morgan fingerprint density at radius 1 is 0.967 bits per heavy atom. The molecule has 158 valence electrons. The van der Waals surface area contributed by atoms with Gasteiger partial charge >= 0.3 is 0 Å². The number of nitro benzene ring substituents is 1. The van der Waals surface area contributed by atoms with Crippen LogP contribution in [-0.2, 0) is 9.59 Å². The molecule has 1 aliphatic heterocycles. The minimum Gasteiger partial charge on any atom is -0.371 e. The number of hydrogen-bond donors (Lipinski definition) is 2. The molecule has 1 heterocycles. The smallest absolute Gasteiger partial charge is 0.292 e. The van der Waals surface area contributed by atoms with Gasteiger partial charge in [0.2, 0.25) is 11.8 Å². The number of nitrogens with zero attached hydrogens (tertiary/aromatic N) is 3. The second-order valence-electron chi connectivity index (χ2n) is 6.93. The van der Waals surface area contributed by atoms with Gasteiger partial charge in [0.1, 0.15) is 5.69 Å². The number of rotatable bonds is 8. The summed E-state index contributed by atoms with van der Waals surface area (Å²) in [6.07, 6.45) is 0.225. The number of carbonyl (C=O) groups excluding carboxylic acids is 2. The van der Waals surface area contributed by atoms with E-state index in [4.69, 9.17) is 0 Å². The Morgan fingerprint density at radius 2 is 1.63 bits per heavy atom. The van der Waals surface area contributed by atoms with Crippen LogP contribution in [0.4, 0.5) is 17.1 Å². The number of amides is 2. The van der Waals surface area contributed by atoms with Crippen molar-refractivity contribution in [2.24, 2.45) is 0 Å². The lowest BCUT2D eigenvalue weighted by molar-refractivity contribution is -0.383. The van der Waals surface area contributed by atoms with E-state index in [0.717, 1.165) is 18.8 Å². The first kappa shape index (κ1) is 21.1. The van der Waals surface area contributed by atoms with E-state index in [0.29, 0.717) is 13.1 Å². The summed E-state index contributed by atoms with van der Waals surface area (Å²) in [5, 5.41) is 16.4. The summed E-state index contributed by atoms with van der Waals surface area (Å²) in [6, 6.07) is 16.2. The number of nitro groups is 1. The molecule has 2 aromatic rings. The molecule has 0 saturated carbocycles. The van der Waals surface area contributed by atoms with Crippen LogP contribution in [0.2, 0.25) is 0 Å². The van der Waals surface area contributed by atoms with Gasteiger partial charge in [-0.2, -0.15) is 0 Å². The van der Waals surface area contributed by atoms with Gasteiger partial charge in [-0.25, -0.2) is 0 Å². The SMILES string of the molecule is O=C(CNc1ccccc1[N+](=O)[O-])NCCC(=O)N1CCN(c2ccccc2)CC1. The summed E-state index contributed by atoms with van der Waals surface area (Å²) in [5.41, 5.74) is 1.35.